The Bertz CT molecular complexity index is 221. The lowest BCUT2D eigenvalue weighted by atomic mass is 10.0. The average molecular weight is 206 g/mol. The molecular formula is C7H12ClN3S. The van der Waals surface area contributed by atoms with E-state index in [1.807, 2.05) is 0 Å². The second-order valence-corrected chi connectivity index (χ2v) is 3.97. The monoisotopic (exact) mass is 205 g/mol. The number of aromatic nitrogens is 2. The van der Waals surface area contributed by atoms with Gasteiger partial charge in [-0.2, -0.15) is 4.37 Å². The lowest BCUT2D eigenvalue weighted by molar-refractivity contribution is 0.553. The fourth-order valence-corrected chi connectivity index (χ4v) is 1.54. The third-order valence-electron chi connectivity index (χ3n) is 1.85. The zero-order valence-corrected chi connectivity index (χ0v) is 8.74. The van der Waals surface area contributed by atoms with Crippen LogP contribution in [0.2, 0.25) is 0 Å². The molecule has 12 heavy (non-hydrogen) atoms. The molecule has 1 unspecified atom stereocenters. The van der Waals surface area contributed by atoms with Crippen molar-refractivity contribution in [2.45, 2.75) is 25.8 Å². The second kappa shape index (κ2) is 4.05. The number of hydrogen-bond acceptors (Lipinski definition) is 4. The van der Waals surface area contributed by atoms with Gasteiger partial charge in [-0.15, -0.1) is 11.6 Å². The Morgan fingerprint density at radius 3 is 2.92 bits per heavy atom. The second-order valence-electron chi connectivity index (χ2n) is 2.92. The van der Waals surface area contributed by atoms with Crippen LogP contribution in [0.4, 0.5) is 5.13 Å². The highest BCUT2D eigenvalue weighted by Gasteiger charge is 2.21. The van der Waals surface area contributed by atoms with E-state index < -0.39 is 0 Å². The summed E-state index contributed by atoms with van der Waals surface area (Å²) in [6.07, 6.45) is 2.51. The van der Waals surface area contributed by atoms with Crippen LogP contribution in [0.15, 0.2) is 6.33 Å². The summed E-state index contributed by atoms with van der Waals surface area (Å²) in [5.74, 6) is 0.573. The molecule has 0 amide bonds. The van der Waals surface area contributed by atoms with Crippen molar-refractivity contribution in [3.63, 3.8) is 0 Å². The average Bonchev–Trinajstić information content (AvgIpc) is 2.57. The van der Waals surface area contributed by atoms with Gasteiger partial charge >= 0.3 is 0 Å². The maximum atomic E-state index is 5.82. The van der Waals surface area contributed by atoms with Crippen molar-refractivity contribution in [3.05, 3.63) is 6.33 Å². The zero-order chi connectivity index (χ0) is 9.03. The van der Waals surface area contributed by atoms with Crippen LogP contribution in [0.3, 0.4) is 0 Å². The van der Waals surface area contributed by atoms with E-state index in [9.17, 15) is 0 Å². The van der Waals surface area contributed by atoms with E-state index in [-0.39, 0.29) is 5.54 Å². The highest BCUT2D eigenvalue weighted by Crippen LogP contribution is 2.19. The van der Waals surface area contributed by atoms with Crippen LogP contribution in [0.5, 0.6) is 0 Å². The van der Waals surface area contributed by atoms with E-state index >= 15 is 0 Å². The van der Waals surface area contributed by atoms with Gasteiger partial charge in [0.1, 0.15) is 6.33 Å². The lowest BCUT2D eigenvalue weighted by Crippen LogP contribution is -2.35. The molecular weight excluding hydrogens is 194 g/mol. The molecule has 0 spiro atoms. The molecule has 0 aliphatic heterocycles. The molecule has 0 aromatic carbocycles. The summed E-state index contributed by atoms with van der Waals surface area (Å²) in [4.78, 5) is 4.03. The summed E-state index contributed by atoms with van der Waals surface area (Å²) in [6, 6.07) is 0. The van der Waals surface area contributed by atoms with Crippen LogP contribution < -0.4 is 5.32 Å². The molecule has 5 heteroatoms. The van der Waals surface area contributed by atoms with Crippen molar-refractivity contribution in [2.75, 3.05) is 11.2 Å². The Hall–Kier alpha value is -0.350. The van der Waals surface area contributed by atoms with Crippen molar-refractivity contribution in [1.82, 2.24) is 9.36 Å². The molecule has 1 atom stereocenters. The zero-order valence-electron chi connectivity index (χ0n) is 7.17. The Kier molecular flexibility index (Phi) is 3.29. The smallest absolute Gasteiger partial charge is 0.202 e. The SMILES string of the molecule is CCC(C)(CCl)Nc1ncns1. The third kappa shape index (κ3) is 2.32. The van der Waals surface area contributed by atoms with E-state index in [0.717, 1.165) is 11.6 Å². The van der Waals surface area contributed by atoms with Crippen LogP contribution in [0.25, 0.3) is 0 Å². The number of hydrogen-bond donors (Lipinski definition) is 1. The van der Waals surface area contributed by atoms with Crippen LogP contribution in [0.1, 0.15) is 20.3 Å². The molecule has 1 aromatic heterocycles. The molecule has 0 aliphatic carbocycles. The minimum absolute atomic E-state index is 0.0684. The molecule has 1 N–H and O–H groups in total. The van der Waals surface area contributed by atoms with Crippen molar-refractivity contribution in [1.29, 1.82) is 0 Å². The molecule has 68 valence electrons. The molecule has 0 saturated carbocycles. The normalized spacial score (nSPS) is 15.6. The Morgan fingerprint density at radius 1 is 1.75 bits per heavy atom. The third-order valence-corrected chi connectivity index (χ3v) is 3.02. The molecule has 0 saturated heterocycles. The van der Waals surface area contributed by atoms with E-state index in [2.05, 4.69) is 28.5 Å². The highest BCUT2D eigenvalue weighted by atomic mass is 35.5. The molecule has 0 bridgehead atoms. The standard InChI is InChI=1S/C7H12ClN3S/c1-3-7(2,4-8)11-6-9-5-10-12-6/h5H,3-4H2,1-2H3,(H,9,10,11). The molecule has 1 rings (SSSR count). The van der Waals surface area contributed by atoms with Crippen molar-refractivity contribution in [2.24, 2.45) is 0 Å². The molecule has 1 aromatic rings. The molecule has 1 heterocycles. The summed E-state index contributed by atoms with van der Waals surface area (Å²) in [5.41, 5.74) is -0.0684. The van der Waals surface area contributed by atoms with Crippen LogP contribution in [-0.4, -0.2) is 20.8 Å². The van der Waals surface area contributed by atoms with Gasteiger partial charge in [0.15, 0.2) is 0 Å². The molecule has 0 fully saturated rings. The van der Waals surface area contributed by atoms with Gasteiger partial charge in [-0.1, -0.05) is 6.92 Å². The molecule has 0 aliphatic rings. The predicted molar refractivity (Wildman–Crippen MR) is 52.9 cm³/mol. The summed E-state index contributed by atoms with van der Waals surface area (Å²) in [7, 11) is 0. The highest BCUT2D eigenvalue weighted by molar-refractivity contribution is 7.09. The van der Waals surface area contributed by atoms with Gasteiger partial charge < -0.3 is 5.32 Å². The summed E-state index contributed by atoms with van der Waals surface area (Å²) in [5, 5.41) is 4.08. The van der Waals surface area contributed by atoms with Gasteiger partial charge in [-0.25, -0.2) is 4.98 Å². The number of nitrogens with one attached hydrogen (secondary N) is 1. The Balaban J connectivity index is 2.60. The fraction of sp³-hybridized carbons (Fsp3) is 0.714. The number of halogens is 1. The quantitative estimate of drug-likeness (QED) is 0.767. The number of nitrogens with zero attached hydrogens (tertiary/aromatic N) is 2. The van der Waals surface area contributed by atoms with Gasteiger partial charge in [0.25, 0.3) is 0 Å². The first kappa shape index (κ1) is 9.74. The fourth-order valence-electron chi connectivity index (χ4n) is 0.703. The minimum Gasteiger partial charge on any atom is -0.354 e. The van der Waals surface area contributed by atoms with Crippen LogP contribution in [-0.2, 0) is 0 Å². The Labute approximate surface area is 81.3 Å². The Morgan fingerprint density at radius 2 is 2.50 bits per heavy atom. The van der Waals surface area contributed by atoms with Crippen LogP contribution in [0, 0.1) is 0 Å². The van der Waals surface area contributed by atoms with Gasteiger partial charge in [0, 0.05) is 17.4 Å². The first-order chi connectivity index (χ1) is 5.70. The molecule has 3 nitrogen and oxygen atoms in total. The van der Waals surface area contributed by atoms with Gasteiger partial charge in [-0.3, -0.25) is 0 Å². The number of anilines is 1. The lowest BCUT2D eigenvalue weighted by Gasteiger charge is -2.26. The van der Waals surface area contributed by atoms with Crippen molar-refractivity contribution < 1.29 is 0 Å². The summed E-state index contributed by atoms with van der Waals surface area (Å²) >= 11 is 7.17. The summed E-state index contributed by atoms with van der Waals surface area (Å²) < 4.78 is 3.90. The maximum Gasteiger partial charge on any atom is 0.202 e. The largest absolute Gasteiger partial charge is 0.354 e. The maximum absolute atomic E-state index is 5.82. The molecule has 0 radical (unpaired) electrons. The first-order valence-corrected chi connectivity index (χ1v) is 5.12. The van der Waals surface area contributed by atoms with Gasteiger partial charge in [0.2, 0.25) is 5.13 Å². The number of rotatable bonds is 4. The predicted octanol–water partition coefficient (Wildman–Crippen LogP) is 2.36. The summed E-state index contributed by atoms with van der Waals surface area (Å²) in [6.45, 7) is 4.16. The van der Waals surface area contributed by atoms with E-state index in [1.54, 1.807) is 0 Å². The van der Waals surface area contributed by atoms with Crippen molar-refractivity contribution in [3.8, 4) is 0 Å². The van der Waals surface area contributed by atoms with E-state index in [0.29, 0.717) is 5.88 Å². The van der Waals surface area contributed by atoms with Crippen LogP contribution >= 0.6 is 23.1 Å². The van der Waals surface area contributed by atoms with Crippen molar-refractivity contribution >= 4 is 28.3 Å². The number of alkyl halides is 1. The van der Waals surface area contributed by atoms with Gasteiger partial charge in [-0.05, 0) is 13.3 Å². The van der Waals surface area contributed by atoms with Gasteiger partial charge in [0.05, 0.1) is 5.54 Å². The minimum atomic E-state index is -0.0684. The first-order valence-electron chi connectivity index (χ1n) is 3.81. The topological polar surface area (TPSA) is 37.8 Å². The van der Waals surface area contributed by atoms with E-state index in [4.69, 9.17) is 11.6 Å². The van der Waals surface area contributed by atoms with E-state index in [1.165, 1.54) is 17.9 Å².